The topological polar surface area (TPSA) is 158 Å². The normalized spacial score (nSPS) is 12.0. The summed E-state index contributed by atoms with van der Waals surface area (Å²) in [6.45, 7) is 0.186. The average Bonchev–Trinajstić information content (AvgIpc) is 3.11. The maximum absolute atomic E-state index is 11.3. The lowest BCUT2D eigenvalue weighted by Gasteiger charge is -2.24. The molecule has 0 spiro atoms. The van der Waals surface area contributed by atoms with Crippen molar-refractivity contribution in [2.75, 3.05) is 26.4 Å². The first kappa shape index (κ1) is 47.1. The van der Waals surface area contributed by atoms with Crippen LogP contribution in [0.5, 0.6) is 23.3 Å². The van der Waals surface area contributed by atoms with E-state index in [1.54, 1.807) is 0 Å². The Bertz CT molecular complexity index is 1970. The van der Waals surface area contributed by atoms with E-state index in [1.807, 2.05) is 0 Å². The fourth-order valence-corrected chi connectivity index (χ4v) is 7.32. The van der Waals surface area contributed by atoms with Gasteiger partial charge in [0.05, 0.1) is 52.1 Å². The summed E-state index contributed by atoms with van der Waals surface area (Å²) >= 11 is 56.1. The number of nitro groups is 2. The van der Waals surface area contributed by atoms with Gasteiger partial charge in [-0.05, 0) is 68.3 Å². The van der Waals surface area contributed by atoms with Crippen LogP contribution >= 0.6 is 125 Å². The fourth-order valence-electron chi connectivity index (χ4n) is 4.79. The molecular weight excluding hydrogens is 1050 g/mol. The standard InChI is InChI=1S/C34H24Br2Cl8N4O9/c35-21-9-17(47(49)50)15-45-33(21)56-27(31-23(37)11-19(12-24(31)38)54-7-3-29(41)42)1-5-53-6-2-28(57-34-22(36)10-18(16-46-34)48(51)52)32-25(39)13-20(14-26(32)40)55-8-4-30(43)44/h3-4,9-16,27-28H,1-2,5-8H2. The van der Waals surface area contributed by atoms with Gasteiger partial charge in [0.1, 0.15) is 58.3 Å². The molecule has 0 radical (unpaired) electrons. The highest BCUT2D eigenvalue weighted by Gasteiger charge is 2.26. The van der Waals surface area contributed by atoms with Crippen LogP contribution in [0, 0.1) is 20.2 Å². The number of rotatable bonds is 20. The third-order valence-corrected chi connectivity index (χ3v) is 10.3. The molecule has 4 rings (SSSR count). The molecule has 0 aliphatic heterocycles. The van der Waals surface area contributed by atoms with Crippen LogP contribution < -0.4 is 18.9 Å². The van der Waals surface area contributed by atoms with E-state index in [0.29, 0.717) is 22.6 Å². The molecule has 0 saturated heterocycles. The molecule has 2 aromatic carbocycles. The Kier molecular flexibility index (Phi) is 18.8. The van der Waals surface area contributed by atoms with E-state index in [2.05, 4.69) is 41.8 Å². The Balaban J connectivity index is 1.57. The van der Waals surface area contributed by atoms with E-state index in [-0.39, 0.29) is 100 Å². The molecule has 23 heteroatoms. The third-order valence-electron chi connectivity index (χ3n) is 7.29. The van der Waals surface area contributed by atoms with E-state index in [0.717, 1.165) is 12.4 Å². The third kappa shape index (κ3) is 14.3. The first-order chi connectivity index (χ1) is 27.0. The largest absolute Gasteiger partial charge is 0.489 e. The molecule has 304 valence electrons. The predicted molar refractivity (Wildman–Crippen MR) is 227 cm³/mol. The summed E-state index contributed by atoms with van der Waals surface area (Å²) < 4.78 is 30.2. The Morgan fingerprint density at radius 1 is 0.649 bits per heavy atom. The highest BCUT2D eigenvalue weighted by Crippen LogP contribution is 2.42. The molecule has 0 fully saturated rings. The zero-order chi connectivity index (χ0) is 41.8. The molecule has 0 amide bonds. The molecule has 57 heavy (non-hydrogen) atoms. The van der Waals surface area contributed by atoms with Gasteiger partial charge in [-0.2, -0.15) is 0 Å². The molecule has 0 aliphatic rings. The van der Waals surface area contributed by atoms with Gasteiger partial charge >= 0.3 is 0 Å². The lowest BCUT2D eigenvalue weighted by atomic mass is 10.1. The Labute approximate surface area is 381 Å². The predicted octanol–water partition coefficient (Wildman–Crippen LogP) is 13.6. The van der Waals surface area contributed by atoms with Gasteiger partial charge < -0.3 is 23.7 Å². The number of aromatic nitrogens is 2. The van der Waals surface area contributed by atoms with E-state index < -0.39 is 22.1 Å². The number of halogens is 10. The van der Waals surface area contributed by atoms with Crippen molar-refractivity contribution in [2.24, 2.45) is 0 Å². The van der Waals surface area contributed by atoms with Gasteiger partial charge in [0, 0.05) is 36.1 Å². The van der Waals surface area contributed by atoms with E-state index in [4.69, 9.17) is 116 Å². The maximum atomic E-state index is 11.3. The van der Waals surface area contributed by atoms with Crippen molar-refractivity contribution in [3.63, 3.8) is 0 Å². The lowest BCUT2D eigenvalue weighted by Crippen LogP contribution is -2.16. The molecule has 13 nitrogen and oxygen atoms in total. The van der Waals surface area contributed by atoms with Gasteiger partial charge in [0.25, 0.3) is 11.4 Å². The van der Waals surface area contributed by atoms with Crippen molar-refractivity contribution < 1.29 is 33.5 Å². The quantitative estimate of drug-likeness (QED) is 0.0471. The minimum Gasteiger partial charge on any atom is -0.489 e. The summed E-state index contributed by atoms with van der Waals surface area (Å²) in [5.41, 5.74) is 0.182. The Hall–Kier alpha value is -2.54. The molecule has 0 aliphatic carbocycles. The van der Waals surface area contributed by atoms with Crippen LogP contribution in [0.4, 0.5) is 11.4 Å². The first-order valence-corrected chi connectivity index (χ1v) is 20.4. The SMILES string of the molecule is O=[N+]([O-])c1cnc(OC(CCOCCC(Oc2ncc([N+](=O)[O-])cc2Br)c2c(Cl)cc(OCC=C(Cl)Cl)cc2Cl)c2c(Cl)cc(OCC=C(Cl)Cl)cc2Cl)c(Br)c1. The van der Waals surface area contributed by atoms with Crippen LogP contribution in [-0.4, -0.2) is 46.2 Å². The van der Waals surface area contributed by atoms with Gasteiger partial charge in [-0.15, -0.1) is 0 Å². The highest BCUT2D eigenvalue weighted by atomic mass is 79.9. The average molecular weight is 1080 g/mol. The molecule has 2 atom stereocenters. The molecule has 2 heterocycles. The van der Waals surface area contributed by atoms with E-state index in [1.165, 1.54) is 48.6 Å². The summed E-state index contributed by atoms with van der Waals surface area (Å²) in [6.07, 6.45) is 3.45. The van der Waals surface area contributed by atoms with Crippen molar-refractivity contribution in [3.8, 4) is 23.3 Å². The molecule has 0 saturated carbocycles. The Morgan fingerprint density at radius 2 is 1.00 bits per heavy atom. The van der Waals surface area contributed by atoms with E-state index in [9.17, 15) is 20.2 Å². The second-order valence-corrected chi connectivity index (χ2v) is 16.4. The van der Waals surface area contributed by atoms with Crippen LogP contribution in [0.2, 0.25) is 20.1 Å². The minimum absolute atomic E-state index is 0.0173. The van der Waals surface area contributed by atoms with Crippen LogP contribution in [-0.2, 0) is 4.74 Å². The van der Waals surface area contributed by atoms with Gasteiger partial charge in [0.15, 0.2) is 0 Å². The monoisotopic (exact) mass is 1070 g/mol. The highest BCUT2D eigenvalue weighted by molar-refractivity contribution is 9.10. The van der Waals surface area contributed by atoms with Crippen LogP contribution in [0.3, 0.4) is 0 Å². The zero-order valence-electron chi connectivity index (χ0n) is 28.4. The molecule has 0 bridgehead atoms. The second-order valence-electron chi connectivity index (χ2n) is 11.1. The van der Waals surface area contributed by atoms with Crippen molar-refractivity contribution in [1.29, 1.82) is 0 Å². The number of hydrogen-bond donors (Lipinski definition) is 0. The smallest absolute Gasteiger partial charge is 0.288 e. The van der Waals surface area contributed by atoms with Gasteiger partial charge in [-0.1, -0.05) is 92.8 Å². The first-order valence-electron chi connectivity index (χ1n) is 15.8. The summed E-state index contributed by atoms with van der Waals surface area (Å²) in [5, 5.41) is 23.3. The van der Waals surface area contributed by atoms with Crippen LogP contribution in [0.15, 0.2) is 78.9 Å². The van der Waals surface area contributed by atoms with Gasteiger partial charge in [0.2, 0.25) is 11.8 Å². The number of nitrogens with zero attached hydrogens (tertiary/aromatic N) is 4. The summed E-state index contributed by atoms with van der Waals surface area (Å²) in [5.74, 6) is 0.678. The Morgan fingerprint density at radius 3 is 1.30 bits per heavy atom. The van der Waals surface area contributed by atoms with Crippen molar-refractivity contribution in [1.82, 2.24) is 9.97 Å². The number of ether oxygens (including phenoxy) is 5. The number of hydrogen-bond acceptors (Lipinski definition) is 11. The maximum Gasteiger partial charge on any atom is 0.288 e. The van der Waals surface area contributed by atoms with Crippen molar-refractivity contribution in [2.45, 2.75) is 25.0 Å². The molecule has 2 unspecified atom stereocenters. The minimum atomic E-state index is -0.895. The second kappa shape index (κ2) is 22.7. The van der Waals surface area contributed by atoms with E-state index >= 15 is 0 Å². The summed E-state index contributed by atoms with van der Waals surface area (Å²) in [7, 11) is 0. The van der Waals surface area contributed by atoms with Gasteiger partial charge in [-0.3, -0.25) is 20.2 Å². The van der Waals surface area contributed by atoms with Crippen LogP contribution in [0.1, 0.15) is 36.2 Å². The van der Waals surface area contributed by atoms with Crippen molar-refractivity contribution >= 4 is 136 Å². The fraction of sp³-hybridized carbons (Fsp3) is 0.235. The summed E-state index contributed by atoms with van der Waals surface area (Å²) in [6, 6.07) is 8.57. The zero-order valence-corrected chi connectivity index (χ0v) is 37.6. The van der Waals surface area contributed by atoms with Gasteiger partial charge in [-0.25, -0.2) is 9.97 Å². The molecule has 0 N–H and O–H groups in total. The molecular formula is C34H24Br2Cl8N4O9. The summed E-state index contributed by atoms with van der Waals surface area (Å²) in [4.78, 5) is 29.6. The number of benzene rings is 2. The van der Waals surface area contributed by atoms with Crippen molar-refractivity contribution in [3.05, 3.63) is 130 Å². The van der Waals surface area contributed by atoms with Crippen LogP contribution in [0.25, 0.3) is 0 Å². The molecule has 4 aromatic rings. The lowest BCUT2D eigenvalue weighted by molar-refractivity contribution is -0.385. The molecule has 2 aromatic heterocycles. The number of pyridine rings is 2.